The first kappa shape index (κ1) is 7.52. The molecule has 12 heavy (non-hydrogen) atoms. The van der Waals surface area contributed by atoms with Crippen molar-refractivity contribution in [2.45, 2.75) is 6.61 Å². The van der Waals surface area contributed by atoms with Crippen molar-refractivity contribution in [3.05, 3.63) is 29.3 Å². The Bertz CT molecular complexity index is 324. The molecule has 2 rings (SSSR count). The first-order valence-electron chi connectivity index (χ1n) is 3.69. The van der Waals surface area contributed by atoms with E-state index in [2.05, 4.69) is 0 Å². The number of carbonyl (C=O) groups excluding carboxylic acids is 1. The fourth-order valence-electron chi connectivity index (χ4n) is 1.41. The third-order valence-electron chi connectivity index (χ3n) is 2.00. The van der Waals surface area contributed by atoms with Gasteiger partial charge in [-0.25, -0.2) is 0 Å². The van der Waals surface area contributed by atoms with E-state index in [-0.39, 0.29) is 0 Å². The zero-order chi connectivity index (χ0) is 8.55. The minimum atomic E-state index is -0.929. The molecule has 1 heterocycles. The van der Waals surface area contributed by atoms with Crippen LogP contribution in [0.15, 0.2) is 18.2 Å². The lowest BCUT2D eigenvalue weighted by Gasteiger charge is -1.99. The third-order valence-corrected chi connectivity index (χ3v) is 2.00. The first-order valence-corrected chi connectivity index (χ1v) is 3.69. The van der Waals surface area contributed by atoms with Crippen LogP contribution >= 0.6 is 0 Å². The number of benzene rings is 1. The lowest BCUT2D eigenvalue weighted by Crippen LogP contribution is -2.31. The Morgan fingerprint density at radius 3 is 3.17 bits per heavy atom. The summed E-state index contributed by atoms with van der Waals surface area (Å²) in [4.78, 5) is 10.5. The number of carbonyl (C=O) groups is 1. The summed E-state index contributed by atoms with van der Waals surface area (Å²) in [6, 6.07) is 5.30. The van der Waals surface area contributed by atoms with E-state index in [1.807, 2.05) is 6.07 Å². The molecule has 1 aromatic rings. The summed E-state index contributed by atoms with van der Waals surface area (Å²) in [6.07, 6.45) is 0.733. The van der Waals surface area contributed by atoms with Crippen molar-refractivity contribution in [2.24, 2.45) is 0 Å². The maximum absolute atomic E-state index is 10.5. The van der Waals surface area contributed by atoms with Crippen LogP contribution in [-0.4, -0.2) is 18.4 Å². The molecule has 0 spiro atoms. The molecular weight excluding hydrogens is 155 g/mol. The molecule has 0 saturated heterocycles. The highest BCUT2D eigenvalue weighted by atomic mass is 16.5. The van der Waals surface area contributed by atoms with Crippen molar-refractivity contribution >= 4 is 18.9 Å². The normalized spacial score (nSPS) is 14.6. The molecule has 1 aliphatic heterocycles. The smallest absolute Gasteiger partial charge is 0.423 e. The van der Waals surface area contributed by atoms with E-state index < -0.39 is 7.12 Å². The Morgan fingerprint density at radius 1 is 1.58 bits per heavy atom. The first-order chi connectivity index (χ1) is 5.83. The minimum absolute atomic E-state index is 0.387. The van der Waals surface area contributed by atoms with Gasteiger partial charge in [-0.2, -0.15) is 0 Å². The van der Waals surface area contributed by atoms with Crippen LogP contribution in [-0.2, 0) is 11.3 Å². The Balaban J connectivity index is 2.60. The standard InChI is InChI=1S/C8H7BO3/c10-4-6-2-1-3-7-5-12-9(11)8(6)7/h1-4,11H,5H2. The van der Waals surface area contributed by atoms with Gasteiger partial charge in [-0.05, 0) is 11.0 Å². The number of hydrogen-bond donors (Lipinski definition) is 1. The van der Waals surface area contributed by atoms with Gasteiger partial charge in [-0.3, -0.25) is 4.79 Å². The summed E-state index contributed by atoms with van der Waals surface area (Å²) in [5.74, 6) is 0. The van der Waals surface area contributed by atoms with Crippen LogP contribution in [0.1, 0.15) is 15.9 Å². The van der Waals surface area contributed by atoms with E-state index in [9.17, 15) is 9.82 Å². The summed E-state index contributed by atoms with van der Waals surface area (Å²) in [5.41, 5.74) is 2.03. The van der Waals surface area contributed by atoms with Crippen molar-refractivity contribution in [1.82, 2.24) is 0 Å². The summed E-state index contributed by atoms with van der Waals surface area (Å²) >= 11 is 0. The molecule has 1 aromatic carbocycles. The lowest BCUT2D eigenvalue weighted by molar-refractivity contribution is 0.112. The third kappa shape index (κ3) is 0.966. The topological polar surface area (TPSA) is 46.5 Å². The summed E-state index contributed by atoms with van der Waals surface area (Å²) in [7, 11) is -0.929. The number of rotatable bonds is 1. The van der Waals surface area contributed by atoms with Gasteiger partial charge in [0.2, 0.25) is 0 Å². The van der Waals surface area contributed by atoms with Crippen LogP contribution in [0.5, 0.6) is 0 Å². The van der Waals surface area contributed by atoms with Gasteiger partial charge < -0.3 is 9.68 Å². The van der Waals surface area contributed by atoms with Gasteiger partial charge >= 0.3 is 7.12 Å². The number of fused-ring (bicyclic) bond motifs is 1. The highest BCUT2D eigenvalue weighted by molar-refractivity contribution is 6.63. The van der Waals surface area contributed by atoms with E-state index in [4.69, 9.17) is 4.65 Å². The molecule has 60 valence electrons. The highest BCUT2D eigenvalue weighted by Crippen LogP contribution is 2.10. The average molecular weight is 162 g/mol. The molecular formula is C8H7BO3. The SMILES string of the molecule is O=Cc1cccc2c1B(O)OC2. The van der Waals surface area contributed by atoms with Gasteiger partial charge in [0.25, 0.3) is 0 Å². The van der Waals surface area contributed by atoms with Crippen LogP contribution in [0, 0.1) is 0 Å². The molecule has 0 bridgehead atoms. The predicted molar refractivity (Wildman–Crippen MR) is 44.2 cm³/mol. The van der Waals surface area contributed by atoms with Gasteiger partial charge in [0.1, 0.15) is 6.29 Å². The van der Waals surface area contributed by atoms with E-state index in [0.29, 0.717) is 17.6 Å². The average Bonchev–Trinajstić information content (AvgIpc) is 2.48. The highest BCUT2D eigenvalue weighted by Gasteiger charge is 2.29. The van der Waals surface area contributed by atoms with E-state index in [0.717, 1.165) is 11.8 Å². The van der Waals surface area contributed by atoms with Gasteiger partial charge in [0, 0.05) is 5.56 Å². The van der Waals surface area contributed by atoms with Crippen molar-refractivity contribution in [3.63, 3.8) is 0 Å². The monoisotopic (exact) mass is 162 g/mol. The van der Waals surface area contributed by atoms with Crippen LogP contribution in [0.25, 0.3) is 0 Å². The minimum Gasteiger partial charge on any atom is -0.423 e. The van der Waals surface area contributed by atoms with Gasteiger partial charge in [-0.1, -0.05) is 18.2 Å². The van der Waals surface area contributed by atoms with Gasteiger partial charge in [0.05, 0.1) is 6.61 Å². The van der Waals surface area contributed by atoms with Gasteiger partial charge in [-0.15, -0.1) is 0 Å². The predicted octanol–water partition coefficient (Wildman–Crippen LogP) is -0.283. The molecule has 4 heteroatoms. The second-order valence-corrected chi connectivity index (χ2v) is 2.70. The fourth-order valence-corrected chi connectivity index (χ4v) is 1.41. The molecule has 0 aliphatic carbocycles. The van der Waals surface area contributed by atoms with E-state index in [1.54, 1.807) is 12.1 Å². The Morgan fingerprint density at radius 2 is 2.42 bits per heavy atom. The van der Waals surface area contributed by atoms with Crippen molar-refractivity contribution < 1.29 is 14.5 Å². The van der Waals surface area contributed by atoms with Crippen LogP contribution in [0.4, 0.5) is 0 Å². The zero-order valence-electron chi connectivity index (χ0n) is 6.36. The van der Waals surface area contributed by atoms with Crippen molar-refractivity contribution in [3.8, 4) is 0 Å². The van der Waals surface area contributed by atoms with Gasteiger partial charge in [0.15, 0.2) is 0 Å². The quantitative estimate of drug-likeness (QED) is 0.456. The molecule has 3 nitrogen and oxygen atoms in total. The van der Waals surface area contributed by atoms with E-state index >= 15 is 0 Å². The second-order valence-electron chi connectivity index (χ2n) is 2.70. The largest absolute Gasteiger partial charge is 0.492 e. The summed E-state index contributed by atoms with van der Waals surface area (Å²) in [5, 5.41) is 9.31. The molecule has 0 fully saturated rings. The number of aldehydes is 1. The second kappa shape index (κ2) is 2.73. The fraction of sp³-hybridized carbons (Fsp3) is 0.125. The summed E-state index contributed by atoms with van der Waals surface area (Å²) in [6.45, 7) is 0.387. The molecule has 0 atom stereocenters. The Hall–Kier alpha value is -1.13. The molecule has 1 aliphatic rings. The van der Waals surface area contributed by atoms with Crippen LogP contribution in [0.2, 0.25) is 0 Å². The lowest BCUT2D eigenvalue weighted by atomic mass is 9.76. The van der Waals surface area contributed by atoms with Crippen LogP contribution in [0.3, 0.4) is 0 Å². The molecule has 0 amide bonds. The Labute approximate surface area is 70.1 Å². The molecule has 0 saturated carbocycles. The maximum atomic E-state index is 10.5. The van der Waals surface area contributed by atoms with Crippen molar-refractivity contribution in [1.29, 1.82) is 0 Å². The molecule has 0 aromatic heterocycles. The van der Waals surface area contributed by atoms with E-state index in [1.165, 1.54) is 0 Å². The Kier molecular flexibility index (Phi) is 1.71. The molecule has 1 N–H and O–H groups in total. The zero-order valence-corrected chi connectivity index (χ0v) is 6.36. The van der Waals surface area contributed by atoms with Crippen molar-refractivity contribution in [2.75, 3.05) is 0 Å². The molecule has 0 unspecified atom stereocenters. The van der Waals surface area contributed by atoms with Crippen LogP contribution < -0.4 is 5.46 Å². The number of hydrogen-bond acceptors (Lipinski definition) is 3. The summed E-state index contributed by atoms with van der Waals surface area (Å²) < 4.78 is 4.96. The maximum Gasteiger partial charge on any atom is 0.492 e. The molecule has 0 radical (unpaired) electrons.